The van der Waals surface area contributed by atoms with Gasteiger partial charge in [-0.1, -0.05) is 11.0 Å². The van der Waals surface area contributed by atoms with Crippen molar-refractivity contribution in [3.63, 3.8) is 0 Å². The maximum absolute atomic E-state index is 5.73. The van der Waals surface area contributed by atoms with Crippen LogP contribution < -0.4 is 11.2 Å². The Morgan fingerprint density at radius 2 is 2.15 bits per heavy atom. The highest BCUT2D eigenvalue weighted by Gasteiger charge is 1.99. The average molecular weight is 169 g/mol. The minimum atomic E-state index is 0.274. The van der Waals surface area contributed by atoms with Crippen LogP contribution in [0.3, 0.4) is 0 Å². The number of hydrogen-bond acceptors (Lipinski definition) is 3. The molecule has 0 saturated heterocycles. The lowest BCUT2D eigenvalue weighted by Gasteiger charge is -2.03. The quantitative estimate of drug-likeness (QED) is 0.577. The first kappa shape index (κ1) is 8.04. The molecule has 0 aliphatic rings. The van der Waals surface area contributed by atoms with E-state index in [4.69, 9.17) is 13.6 Å². The molecular weight excluding hydrogens is 161 g/mol. The van der Waals surface area contributed by atoms with Crippen LogP contribution in [0.1, 0.15) is 5.56 Å². The fraction of sp³-hybridized carbons (Fsp3) is 0.111. The van der Waals surface area contributed by atoms with E-state index in [-0.39, 0.29) is 5.95 Å². The van der Waals surface area contributed by atoms with E-state index in [9.17, 15) is 0 Å². The van der Waals surface area contributed by atoms with Gasteiger partial charge in [-0.2, -0.15) is 0 Å². The van der Waals surface area contributed by atoms with Crippen molar-refractivity contribution >= 4 is 30.2 Å². The number of rotatable bonds is 0. The summed E-state index contributed by atoms with van der Waals surface area (Å²) in [6.45, 7) is 1.95. The number of anilines is 1. The molecule has 1 heterocycles. The Labute approximate surface area is 77.4 Å². The number of fused-ring (bicyclic) bond motifs is 1. The van der Waals surface area contributed by atoms with E-state index in [1.807, 2.05) is 19.1 Å². The molecule has 0 unspecified atom stereocenters. The third-order valence-electron chi connectivity index (χ3n) is 1.99. The fourth-order valence-electron chi connectivity index (χ4n) is 1.22. The van der Waals surface area contributed by atoms with Gasteiger partial charge in [0.15, 0.2) is 0 Å². The van der Waals surface area contributed by atoms with Gasteiger partial charge < -0.3 is 5.73 Å². The van der Waals surface area contributed by atoms with Crippen LogP contribution in [0.5, 0.6) is 0 Å². The molecule has 0 amide bonds. The Morgan fingerprint density at radius 3 is 2.92 bits per heavy atom. The van der Waals surface area contributed by atoms with Gasteiger partial charge in [-0.05, 0) is 19.1 Å². The van der Waals surface area contributed by atoms with Crippen molar-refractivity contribution in [1.29, 1.82) is 0 Å². The van der Waals surface area contributed by atoms with Crippen molar-refractivity contribution in [3.8, 4) is 0 Å². The third kappa shape index (κ3) is 1.35. The second kappa shape index (κ2) is 2.73. The molecule has 62 valence electrons. The maximum Gasteiger partial charge on any atom is 0.220 e. The minimum Gasteiger partial charge on any atom is -0.368 e. The molecule has 0 saturated carbocycles. The molecule has 4 heteroatoms. The van der Waals surface area contributed by atoms with E-state index < -0.39 is 0 Å². The number of nitrogens with two attached hydrogens (primary N) is 1. The Balaban J connectivity index is 2.81. The molecule has 13 heavy (non-hydrogen) atoms. The summed E-state index contributed by atoms with van der Waals surface area (Å²) in [6, 6.07) is 3.76. The Bertz CT molecular complexity index is 468. The van der Waals surface area contributed by atoms with Crippen molar-refractivity contribution in [2.75, 3.05) is 5.73 Å². The van der Waals surface area contributed by atoms with Crippen LogP contribution in [0, 0.1) is 6.92 Å². The van der Waals surface area contributed by atoms with E-state index in [0.717, 1.165) is 21.9 Å². The van der Waals surface area contributed by atoms with Gasteiger partial charge in [-0.3, -0.25) is 0 Å². The summed E-state index contributed by atoms with van der Waals surface area (Å²) in [6.07, 6.45) is 1.70. The van der Waals surface area contributed by atoms with Gasteiger partial charge in [0.2, 0.25) is 5.95 Å². The molecule has 1 aromatic carbocycles. The van der Waals surface area contributed by atoms with E-state index in [2.05, 4.69) is 9.97 Å². The van der Waals surface area contributed by atoms with Crippen LogP contribution >= 0.6 is 0 Å². The molecule has 0 aliphatic carbocycles. The molecule has 2 N–H and O–H groups in total. The standard InChI is InChI=1S/C9H8BN3/c1-5-2-6-4-12-9(11)13-8(6)3-7(5)10/h2-4H,1H3,(H2,11,12,13). The van der Waals surface area contributed by atoms with Crippen molar-refractivity contribution in [2.45, 2.75) is 6.92 Å². The zero-order valence-electron chi connectivity index (χ0n) is 7.28. The Hall–Kier alpha value is -1.58. The number of benzene rings is 1. The summed E-state index contributed by atoms with van der Waals surface area (Å²) in [5.41, 5.74) is 7.99. The highest BCUT2D eigenvalue weighted by atomic mass is 15.0. The van der Waals surface area contributed by atoms with Gasteiger partial charge in [-0.25, -0.2) is 9.97 Å². The monoisotopic (exact) mass is 169 g/mol. The predicted molar refractivity (Wildman–Crippen MR) is 54.1 cm³/mol. The average Bonchev–Trinajstić information content (AvgIpc) is 2.08. The Kier molecular flexibility index (Phi) is 1.69. The van der Waals surface area contributed by atoms with E-state index in [0.29, 0.717) is 0 Å². The van der Waals surface area contributed by atoms with Crippen LogP contribution in [-0.2, 0) is 0 Å². The summed E-state index contributed by atoms with van der Waals surface area (Å²) in [5.74, 6) is 0.274. The number of nitrogen functional groups attached to an aromatic ring is 1. The topological polar surface area (TPSA) is 51.8 Å². The molecule has 2 radical (unpaired) electrons. The van der Waals surface area contributed by atoms with Crippen molar-refractivity contribution in [3.05, 3.63) is 23.9 Å². The van der Waals surface area contributed by atoms with Crippen LogP contribution in [0.4, 0.5) is 5.95 Å². The van der Waals surface area contributed by atoms with Gasteiger partial charge in [0.1, 0.15) is 7.85 Å². The number of aryl methyl sites for hydroxylation is 1. The minimum absolute atomic E-state index is 0.274. The van der Waals surface area contributed by atoms with Crippen molar-refractivity contribution in [2.24, 2.45) is 0 Å². The predicted octanol–water partition coefficient (Wildman–Crippen LogP) is 0.314. The smallest absolute Gasteiger partial charge is 0.220 e. The molecular formula is C9H8BN3. The molecule has 3 nitrogen and oxygen atoms in total. The molecule has 0 bridgehead atoms. The lowest BCUT2D eigenvalue weighted by Crippen LogP contribution is -2.07. The summed E-state index contributed by atoms with van der Waals surface area (Å²) < 4.78 is 0. The normalized spacial score (nSPS) is 10.5. The van der Waals surface area contributed by atoms with E-state index in [1.165, 1.54) is 0 Å². The third-order valence-corrected chi connectivity index (χ3v) is 1.99. The van der Waals surface area contributed by atoms with Gasteiger partial charge in [0, 0.05) is 11.6 Å². The SMILES string of the molecule is [B]c1cc2nc(N)ncc2cc1C. The molecule has 2 rings (SSSR count). The highest BCUT2D eigenvalue weighted by Crippen LogP contribution is 2.11. The largest absolute Gasteiger partial charge is 0.368 e. The number of aromatic nitrogens is 2. The molecule has 1 aromatic heterocycles. The second-order valence-corrected chi connectivity index (χ2v) is 3.00. The van der Waals surface area contributed by atoms with E-state index >= 15 is 0 Å². The lowest BCUT2D eigenvalue weighted by molar-refractivity contribution is 1.24. The van der Waals surface area contributed by atoms with Gasteiger partial charge >= 0.3 is 0 Å². The van der Waals surface area contributed by atoms with Gasteiger partial charge in [0.05, 0.1) is 5.52 Å². The molecule has 0 aliphatic heterocycles. The van der Waals surface area contributed by atoms with Crippen LogP contribution in [0.25, 0.3) is 10.9 Å². The number of hydrogen-bond donors (Lipinski definition) is 1. The van der Waals surface area contributed by atoms with Crippen molar-refractivity contribution in [1.82, 2.24) is 9.97 Å². The molecule has 0 spiro atoms. The first-order chi connectivity index (χ1) is 6.16. The highest BCUT2D eigenvalue weighted by molar-refractivity contribution is 6.34. The second-order valence-electron chi connectivity index (χ2n) is 3.00. The number of nitrogens with zero attached hydrogens (tertiary/aromatic N) is 2. The van der Waals surface area contributed by atoms with Crippen molar-refractivity contribution < 1.29 is 0 Å². The zero-order chi connectivity index (χ0) is 9.42. The zero-order valence-corrected chi connectivity index (χ0v) is 7.28. The van der Waals surface area contributed by atoms with Crippen LogP contribution in [0.2, 0.25) is 0 Å². The molecule has 0 fully saturated rings. The molecule has 2 aromatic rings. The van der Waals surface area contributed by atoms with Crippen LogP contribution in [0.15, 0.2) is 18.3 Å². The van der Waals surface area contributed by atoms with E-state index in [1.54, 1.807) is 6.20 Å². The maximum atomic E-state index is 5.73. The van der Waals surface area contributed by atoms with Crippen LogP contribution in [-0.4, -0.2) is 17.8 Å². The first-order valence-corrected chi connectivity index (χ1v) is 3.95. The summed E-state index contributed by atoms with van der Waals surface area (Å²) in [5, 5.41) is 0.959. The van der Waals surface area contributed by atoms with Gasteiger partial charge in [-0.15, -0.1) is 0 Å². The fourth-order valence-corrected chi connectivity index (χ4v) is 1.22. The lowest BCUT2D eigenvalue weighted by atomic mass is 9.90. The summed E-state index contributed by atoms with van der Waals surface area (Å²) >= 11 is 0. The summed E-state index contributed by atoms with van der Waals surface area (Å²) in [7, 11) is 5.73. The first-order valence-electron chi connectivity index (χ1n) is 3.95. The summed E-state index contributed by atoms with van der Waals surface area (Å²) in [4.78, 5) is 7.97. The van der Waals surface area contributed by atoms with Gasteiger partial charge in [0.25, 0.3) is 0 Å². The Morgan fingerprint density at radius 1 is 1.38 bits per heavy atom. The molecule has 0 atom stereocenters.